The van der Waals surface area contributed by atoms with Gasteiger partial charge in [0.25, 0.3) is 0 Å². The molecule has 2 amide bonds. The van der Waals surface area contributed by atoms with Crippen LogP contribution >= 0.6 is 0 Å². The number of ether oxygens (including phenoxy) is 1. The number of Topliss-reactive ketones (excluding diaryl/α,β-unsaturated/α-hetero) is 1. The van der Waals surface area contributed by atoms with Crippen molar-refractivity contribution in [1.82, 2.24) is 5.32 Å². The van der Waals surface area contributed by atoms with Gasteiger partial charge in [0.1, 0.15) is 17.5 Å². The van der Waals surface area contributed by atoms with E-state index in [4.69, 9.17) is 4.74 Å². The SMILES string of the molecule is CC(=O)CC(=O)Nc1ccc(C(O)C(O)CCNC(=O)OC(C)(C)C)cc1. The maximum absolute atomic E-state index is 11.5. The first kappa shape index (κ1) is 22.6. The van der Waals surface area contributed by atoms with Crippen LogP contribution in [-0.2, 0) is 14.3 Å². The normalized spacial score (nSPS) is 13.4. The van der Waals surface area contributed by atoms with E-state index in [0.717, 1.165) is 0 Å². The number of amides is 2. The van der Waals surface area contributed by atoms with Crippen LogP contribution in [0.25, 0.3) is 0 Å². The van der Waals surface area contributed by atoms with Gasteiger partial charge in [0.05, 0.1) is 12.5 Å². The Hall–Kier alpha value is -2.45. The van der Waals surface area contributed by atoms with Crippen LogP contribution in [0.1, 0.15) is 52.2 Å². The number of alkyl carbamates (subject to hydrolysis) is 1. The number of aliphatic hydroxyl groups excluding tert-OH is 2. The Morgan fingerprint density at radius 2 is 1.70 bits per heavy atom. The number of aliphatic hydroxyl groups is 2. The number of carbonyl (C=O) groups excluding carboxylic acids is 3. The molecule has 0 saturated heterocycles. The van der Waals surface area contributed by atoms with Gasteiger partial charge in [-0.1, -0.05) is 12.1 Å². The summed E-state index contributed by atoms with van der Waals surface area (Å²) in [5.41, 5.74) is 0.340. The quantitative estimate of drug-likeness (QED) is 0.511. The number of benzene rings is 1. The molecule has 2 atom stereocenters. The molecule has 0 aliphatic heterocycles. The van der Waals surface area contributed by atoms with E-state index in [0.29, 0.717) is 11.3 Å². The van der Waals surface area contributed by atoms with Gasteiger partial charge in [-0.15, -0.1) is 0 Å². The minimum absolute atomic E-state index is 0.136. The topological polar surface area (TPSA) is 125 Å². The lowest BCUT2D eigenvalue weighted by atomic mass is 10.0. The van der Waals surface area contributed by atoms with Crippen molar-refractivity contribution in [3.8, 4) is 0 Å². The Morgan fingerprint density at radius 3 is 2.22 bits per heavy atom. The summed E-state index contributed by atoms with van der Waals surface area (Å²) in [5, 5.41) is 25.4. The molecule has 0 radical (unpaired) electrons. The molecule has 1 aromatic carbocycles. The van der Waals surface area contributed by atoms with Crippen molar-refractivity contribution < 1.29 is 29.3 Å². The van der Waals surface area contributed by atoms with E-state index >= 15 is 0 Å². The van der Waals surface area contributed by atoms with Crippen LogP contribution in [0.2, 0.25) is 0 Å². The zero-order valence-corrected chi connectivity index (χ0v) is 16.1. The van der Waals surface area contributed by atoms with Crippen molar-refractivity contribution in [2.75, 3.05) is 11.9 Å². The summed E-state index contributed by atoms with van der Waals surface area (Å²) < 4.78 is 5.08. The molecule has 1 rings (SSSR count). The fourth-order valence-corrected chi connectivity index (χ4v) is 2.21. The smallest absolute Gasteiger partial charge is 0.407 e. The molecule has 8 nitrogen and oxygen atoms in total. The molecule has 150 valence electrons. The van der Waals surface area contributed by atoms with Crippen LogP contribution in [0, 0.1) is 0 Å². The summed E-state index contributed by atoms with van der Waals surface area (Å²) in [6, 6.07) is 6.28. The molecule has 0 aliphatic carbocycles. The zero-order valence-electron chi connectivity index (χ0n) is 16.1. The van der Waals surface area contributed by atoms with Gasteiger partial charge in [0, 0.05) is 12.2 Å². The fourth-order valence-electron chi connectivity index (χ4n) is 2.21. The Bertz CT molecular complexity index is 651. The number of hydrogen-bond donors (Lipinski definition) is 4. The van der Waals surface area contributed by atoms with E-state index in [1.54, 1.807) is 45.0 Å². The maximum Gasteiger partial charge on any atom is 0.407 e. The minimum atomic E-state index is -1.15. The van der Waals surface area contributed by atoms with Crippen molar-refractivity contribution in [3.63, 3.8) is 0 Å². The molecule has 0 bridgehead atoms. The monoisotopic (exact) mass is 380 g/mol. The third kappa shape index (κ3) is 9.16. The average Bonchev–Trinajstić information content (AvgIpc) is 2.52. The minimum Gasteiger partial charge on any atom is -0.444 e. The maximum atomic E-state index is 11.5. The Labute approximate surface area is 158 Å². The lowest BCUT2D eigenvalue weighted by Gasteiger charge is -2.21. The second-order valence-corrected chi connectivity index (χ2v) is 7.28. The zero-order chi connectivity index (χ0) is 20.6. The molecule has 4 N–H and O–H groups in total. The predicted octanol–water partition coefficient (Wildman–Crippen LogP) is 1.91. The Kier molecular flexibility index (Phi) is 8.39. The first-order chi connectivity index (χ1) is 12.5. The van der Waals surface area contributed by atoms with E-state index < -0.39 is 29.8 Å². The van der Waals surface area contributed by atoms with Crippen LogP contribution in [-0.4, -0.2) is 46.2 Å². The fraction of sp³-hybridized carbons (Fsp3) is 0.526. The van der Waals surface area contributed by atoms with Gasteiger partial charge in [-0.05, 0) is 51.8 Å². The van der Waals surface area contributed by atoms with Crippen molar-refractivity contribution >= 4 is 23.5 Å². The molecule has 0 saturated carbocycles. The van der Waals surface area contributed by atoms with Gasteiger partial charge in [-0.2, -0.15) is 0 Å². The van der Waals surface area contributed by atoms with E-state index in [-0.39, 0.29) is 25.2 Å². The molecule has 8 heteroatoms. The summed E-state index contributed by atoms with van der Waals surface area (Å²) in [4.78, 5) is 34.0. The van der Waals surface area contributed by atoms with E-state index in [1.807, 2.05) is 0 Å². The number of anilines is 1. The van der Waals surface area contributed by atoms with Gasteiger partial charge < -0.3 is 25.6 Å². The van der Waals surface area contributed by atoms with Gasteiger partial charge in [0.2, 0.25) is 5.91 Å². The Balaban J connectivity index is 2.48. The summed E-state index contributed by atoms with van der Waals surface area (Å²) in [6.45, 7) is 6.72. The van der Waals surface area contributed by atoms with Crippen molar-refractivity contribution in [2.45, 2.75) is 58.3 Å². The molecule has 0 aromatic heterocycles. The molecular weight excluding hydrogens is 352 g/mol. The molecule has 1 aromatic rings. The van der Waals surface area contributed by atoms with Crippen molar-refractivity contribution in [3.05, 3.63) is 29.8 Å². The molecule has 2 unspecified atom stereocenters. The van der Waals surface area contributed by atoms with Gasteiger partial charge >= 0.3 is 6.09 Å². The highest BCUT2D eigenvalue weighted by molar-refractivity contribution is 6.03. The summed E-state index contributed by atoms with van der Waals surface area (Å²) in [7, 11) is 0. The lowest BCUT2D eigenvalue weighted by molar-refractivity contribution is -0.124. The number of rotatable bonds is 8. The highest BCUT2D eigenvalue weighted by Gasteiger charge is 2.20. The number of nitrogens with one attached hydrogen (secondary N) is 2. The van der Waals surface area contributed by atoms with E-state index in [9.17, 15) is 24.6 Å². The summed E-state index contributed by atoms with van der Waals surface area (Å²) >= 11 is 0. The number of carbonyl (C=O) groups is 3. The largest absolute Gasteiger partial charge is 0.444 e. The van der Waals surface area contributed by atoms with Crippen LogP contribution in [0.3, 0.4) is 0 Å². The number of ketones is 1. The van der Waals surface area contributed by atoms with Gasteiger partial charge in [-0.3, -0.25) is 9.59 Å². The second kappa shape index (κ2) is 10.0. The second-order valence-electron chi connectivity index (χ2n) is 7.28. The number of hydrogen-bond acceptors (Lipinski definition) is 6. The highest BCUT2D eigenvalue weighted by atomic mass is 16.6. The van der Waals surface area contributed by atoms with Crippen LogP contribution < -0.4 is 10.6 Å². The standard InChI is InChI=1S/C19H28N2O6/c1-12(22)11-16(24)21-14-7-5-13(6-8-14)17(25)15(23)9-10-20-18(26)27-19(2,3)4/h5-8,15,17,23,25H,9-11H2,1-4H3,(H,20,26)(H,21,24). The van der Waals surface area contributed by atoms with Crippen LogP contribution in [0.4, 0.5) is 10.5 Å². The predicted molar refractivity (Wildman–Crippen MR) is 100 cm³/mol. The molecule has 0 spiro atoms. The third-order valence-corrected chi connectivity index (χ3v) is 3.42. The third-order valence-electron chi connectivity index (χ3n) is 3.42. The van der Waals surface area contributed by atoms with Crippen molar-refractivity contribution in [2.24, 2.45) is 0 Å². The Morgan fingerprint density at radius 1 is 1.11 bits per heavy atom. The van der Waals surface area contributed by atoms with Crippen LogP contribution in [0.5, 0.6) is 0 Å². The first-order valence-electron chi connectivity index (χ1n) is 8.70. The molecule has 27 heavy (non-hydrogen) atoms. The highest BCUT2D eigenvalue weighted by Crippen LogP contribution is 2.21. The van der Waals surface area contributed by atoms with E-state index in [2.05, 4.69) is 10.6 Å². The molecule has 0 heterocycles. The van der Waals surface area contributed by atoms with Crippen molar-refractivity contribution in [1.29, 1.82) is 0 Å². The van der Waals surface area contributed by atoms with Gasteiger partial charge in [0.15, 0.2) is 0 Å². The molecule has 0 aliphatic rings. The molecular formula is C19H28N2O6. The first-order valence-corrected chi connectivity index (χ1v) is 8.70. The summed E-state index contributed by atoms with van der Waals surface area (Å²) in [5.74, 6) is -0.647. The molecule has 0 fully saturated rings. The lowest BCUT2D eigenvalue weighted by Crippen LogP contribution is -2.34. The van der Waals surface area contributed by atoms with Crippen LogP contribution in [0.15, 0.2) is 24.3 Å². The summed E-state index contributed by atoms with van der Waals surface area (Å²) in [6.07, 6.45) is -2.88. The van der Waals surface area contributed by atoms with Gasteiger partial charge in [-0.25, -0.2) is 4.79 Å². The average molecular weight is 380 g/mol. The van der Waals surface area contributed by atoms with E-state index in [1.165, 1.54) is 6.92 Å².